The Morgan fingerprint density at radius 2 is 1.83 bits per heavy atom. The normalized spacial score (nSPS) is 16.6. The fourth-order valence-electron chi connectivity index (χ4n) is 2.04. The lowest BCUT2D eigenvalue weighted by atomic mass is 10.1. The van der Waals surface area contributed by atoms with E-state index in [4.69, 9.17) is 5.73 Å². The molecule has 1 aliphatic rings. The summed E-state index contributed by atoms with van der Waals surface area (Å²) in [5.74, 6) is 0. The van der Waals surface area contributed by atoms with Crippen molar-refractivity contribution in [2.75, 3.05) is 39.6 Å². The summed E-state index contributed by atoms with van der Waals surface area (Å²) in [5.41, 5.74) is 6.54. The molecule has 4 nitrogen and oxygen atoms in total. The van der Waals surface area contributed by atoms with Crippen molar-refractivity contribution >= 4 is 16.5 Å². The maximum atomic E-state index is 5.73. The van der Waals surface area contributed by atoms with Gasteiger partial charge in [0.2, 0.25) is 0 Å². The van der Waals surface area contributed by atoms with Gasteiger partial charge in [0.05, 0.1) is 6.67 Å². The highest BCUT2D eigenvalue weighted by molar-refractivity contribution is 5.91. The summed E-state index contributed by atoms with van der Waals surface area (Å²) in [6.07, 6.45) is 3.56. The van der Waals surface area contributed by atoms with Crippen LogP contribution >= 0.6 is 0 Å². The lowest BCUT2D eigenvalue weighted by molar-refractivity contribution is 0.318. The zero-order valence-corrected chi connectivity index (χ0v) is 11.0. The van der Waals surface area contributed by atoms with Gasteiger partial charge in [-0.3, -0.25) is 14.8 Å². The number of hydrogen-bond donors (Lipinski definition) is 1. The Balaban J connectivity index is 0.000000149. The van der Waals surface area contributed by atoms with Crippen molar-refractivity contribution in [3.05, 3.63) is 36.7 Å². The topological polar surface area (TPSA) is 45.4 Å². The Labute approximate surface area is 108 Å². The molecule has 0 saturated carbocycles. The smallest absolute Gasteiger partial charge is 0.0501 e. The van der Waals surface area contributed by atoms with E-state index < -0.39 is 0 Å². The van der Waals surface area contributed by atoms with Crippen LogP contribution in [-0.2, 0) is 0 Å². The molecule has 1 aromatic heterocycles. The minimum Gasteiger partial charge on any atom is -0.398 e. The van der Waals surface area contributed by atoms with Crippen molar-refractivity contribution in [2.45, 2.75) is 0 Å². The summed E-state index contributed by atoms with van der Waals surface area (Å²) >= 11 is 0. The number of nitrogen functional groups attached to an aromatic ring is 1. The van der Waals surface area contributed by atoms with Crippen LogP contribution in [0.5, 0.6) is 0 Å². The monoisotopic (exact) mass is 244 g/mol. The molecule has 1 aromatic carbocycles. The maximum absolute atomic E-state index is 5.73. The van der Waals surface area contributed by atoms with Gasteiger partial charge in [0, 0.05) is 41.9 Å². The Bertz CT molecular complexity index is 499. The van der Waals surface area contributed by atoms with Gasteiger partial charge in [-0.05, 0) is 26.2 Å². The molecule has 1 saturated heterocycles. The molecule has 0 radical (unpaired) electrons. The highest BCUT2D eigenvalue weighted by Gasteiger charge is 2.09. The number of hydrogen-bond acceptors (Lipinski definition) is 4. The van der Waals surface area contributed by atoms with Crippen LogP contribution < -0.4 is 5.73 Å². The van der Waals surface area contributed by atoms with Crippen LogP contribution in [0.3, 0.4) is 0 Å². The first-order chi connectivity index (χ1) is 8.66. The van der Waals surface area contributed by atoms with E-state index in [0.29, 0.717) is 0 Å². The standard InChI is InChI=1S/C9H8N2.C5H12N2/c10-9-3-1-2-7-6-11-5-4-8(7)9;1-6-3-4-7(2)5-6/h1-6H,10H2;3-5H2,1-2H3. The number of nitrogens with two attached hydrogens (primary N) is 1. The first-order valence-electron chi connectivity index (χ1n) is 6.12. The zero-order valence-electron chi connectivity index (χ0n) is 11.0. The number of anilines is 1. The van der Waals surface area contributed by atoms with Crippen LogP contribution in [0.25, 0.3) is 10.8 Å². The third-order valence-corrected chi connectivity index (χ3v) is 3.06. The van der Waals surface area contributed by atoms with E-state index in [1.165, 1.54) is 13.1 Å². The molecule has 0 amide bonds. The Kier molecular flexibility index (Phi) is 4.12. The van der Waals surface area contributed by atoms with Gasteiger partial charge in [0.1, 0.15) is 0 Å². The first-order valence-corrected chi connectivity index (χ1v) is 6.12. The molecule has 3 rings (SSSR count). The van der Waals surface area contributed by atoms with Gasteiger partial charge in [0.25, 0.3) is 0 Å². The minimum absolute atomic E-state index is 0.810. The highest BCUT2D eigenvalue weighted by atomic mass is 15.3. The average Bonchev–Trinajstić information content (AvgIpc) is 2.75. The van der Waals surface area contributed by atoms with Gasteiger partial charge < -0.3 is 5.73 Å². The molecule has 4 heteroatoms. The summed E-state index contributed by atoms with van der Waals surface area (Å²) < 4.78 is 0. The summed E-state index contributed by atoms with van der Waals surface area (Å²) in [5, 5.41) is 2.16. The van der Waals surface area contributed by atoms with Crippen LogP contribution in [0.2, 0.25) is 0 Å². The molecular formula is C14H20N4. The third-order valence-electron chi connectivity index (χ3n) is 3.06. The minimum atomic E-state index is 0.810. The van der Waals surface area contributed by atoms with Crippen LogP contribution in [0.15, 0.2) is 36.7 Å². The fourth-order valence-corrected chi connectivity index (χ4v) is 2.04. The number of benzene rings is 1. The summed E-state index contributed by atoms with van der Waals surface area (Å²) in [6, 6.07) is 7.74. The fraction of sp³-hybridized carbons (Fsp3) is 0.357. The van der Waals surface area contributed by atoms with Crippen molar-refractivity contribution in [3.8, 4) is 0 Å². The molecule has 2 N–H and O–H groups in total. The van der Waals surface area contributed by atoms with E-state index in [0.717, 1.165) is 23.1 Å². The van der Waals surface area contributed by atoms with Gasteiger partial charge in [-0.2, -0.15) is 0 Å². The molecule has 0 atom stereocenters. The van der Waals surface area contributed by atoms with E-state index in [1.54, 1.807) is 6.20 Å². The SMILES string of the molecule is CN1CCN(C)C1.Nc1cccc2cnccc12. The Morgan fingerprint density at radius 3 is 2.39 bits per heavy atom. The molecule has 1 aliphatic heterocycles. The summed E-state index contributed by atoms with van der Waals surface area (Å²) in [7, 11) is 4.28. The van der Waals surface area contributed by atoms with Crippen molar-refractivity contribution in [3.63, 3.8) is 0 Å². The van der Waals surface area contributed by atoms with Crippen molar-refractivity contribution in [1.29, 1.82) is 0 Å². The number of pyridine rings is 1. The number of likely N-dealkylation sites (N-methyl/N-ethyl adjacent to an activating group) is 2. The molecule has 0 spiro atoms. The number of aromatic nitrogens is 1. The van der Waals surface area contributed by atoms with E-state index >= 15 is 0 Å². The second-order valence-electron chi connectivity index (χ2n) is 4.74. The molecule has 0 bridgehead atoms. The number of nitrogens with zero attached hydrogens (tertiary/aromatic N) is 3. The predicted molar refractivity (Wildman–Crippen MR) is 76.3 cm³/mol. The molecule has 2 heterocycles. The molecule has 96 valence electrons. The van der Waals surface area contributed by atoms with Gasteiger partial charge >= 0.3 is 0 Å². The second kappa shape index (κ2) is 5.80. The quantitative estimate of drug-likeness (QED) is 0.716. The van der Waals surface area contributed by atoms with Crippen LogP contribution in [0, 0.1) is 0 Å². The average molecular weight is 244 g/mol. The lowest BCUT2D eigenvalue weighted by Gasteiger charge is -2.06. The van der Waals surface area contributed by atoms with E-state index in [9.17, 15) is 0 Å². The van der Waals surface area contributed by atoms with Crippen molar-refractivity contribution in [2.24, 2.45) is 0 Å². The maximum Gasteiger partial charge on any atom is 0.0501 e. The van der Waals surface area contributed by atoms with Crippen LogP contribution in [0.1, 0.15) is 0 Å². The number of rotatable bonds is 0. The number of fused-ring (bicyclic) bond motifs is 1. The summed E-state index contributed by atoms with van der Waals surface area (Å²) in [4.78, 5) is 8.61. The van der Waals surface area contributed by atoms with E-state index in [-0.39, 0.29) is 0 Å². The molecule has 2 aromatic rings. The predicted octanol–water partition coefficient (Wildman–Crippen LogP) is 1.64. The van der Waals surface area contributed by atoms with Gasteiger partial charge in [-0.25, -0.2) is 0 Å². The largest absolute Gasteiger partial charge is 0.398 e. The third kappa shape index (κ3) is 3.18. The van der Waals surface area contributed by atoms with Gasteiger partial charge in [-0.1, -0.05) is 12.1 Å². The Hall–Kier alpha value is -1.65. The van der Waals surface area contributed by atoms with Crippen LogP contribution in [-0.4, -0.2) is 48.6 Å². The zero-order chi connectivity index (χ0) is 13.0. The molecule has 18 heavy (non-hydrogen) atoms. The van der Waals surface area contributed by atoms with Gasteiger partial charge in [-0.15, -0.1) is 0 Å². The first kappa shape index (κ1) is 12.8. The van der Waals surface area contributed by atoms with Crippen LogP contribution in [0.4, 0.5) is 5.69 Å². The summed E-state index contributed by atoms with van der Waals surface area (Å²) in [6.45, 7) is 3.60. The lowest BCUT2D eigenvalue weighted by Crippen LogP contribution is -2.17. The van der Waals surface area contributed by atoms with Crippen molar-refractivity contribution in [1.82, 2.24) is 14.8 Å². The van der Waals surface area contributed by atoms with E-state index in [1.807, 2.05) is 30.5 Å². The second-order valence-corrected chi connectivity index (χ2v) is 4.74. The molecular weight excluding hydrogens is 224 g/mol. The van der Waals surface area contributed by atoms with Crippen molar-refractivity contribution < 1.29 is 0 Å². The Morgan fingerprint density at radius 1 is 1.11 bits per heavy atom. The van der Waals surface area contributed by atoms with Gasteiger partial charge in [0.15, 0.2) is 0 Å². The molecule has 0 unspecified atom stereocenters. The molecule has 1 fully saturated rings. The highest BCUT2D eigenvalue weighted by Crippen LogP contribution is 2.18. The van der Waals surface area contributed by atoms with E-state index in [2.05, 4.69) is 28.9 Å². The molecule has 0 aliphatic carbocycles.